The molecule has 1 aromatic carbocycles. The van der Waals surface area contributed by atoms with Crippen LogP contribution in [0.25, 0.3) is 0 Å². The van der Waals surface area contributed by atoms with Gasteiger partial charge in [-0.2, -0.15) is 0 Å². The van der Waals surface area contributed by atoms with Crippen LogP contribution in [-0.4, -0.2) is 19.6 Å². The Morgan fingerprint density at radius 3 is 2.93 bits per heavy atom. The Balaban J connectivity index is 2.84. The van der Waals surface area contributed by atoms with Crippen LogP contribution in [0, 0.1) is 5.82 Å². The molecule has 3 N–H and O–H groups in total. The van der Waals surface area contributed by atoms with Crippen molar-refractivity contribution in [2.75, 3.05) is 19.0 Å². The second kappa shape index (κ2) is 4.57. The van der Waals surface area contributed by atoms with Gasteiger partial charge in [-0.15, -0.1) is 0 Å². The largest absolute Gasteiger partial charge is 0.494 e. The quantitative estimate of drug-likeness (QED) is 0.752. The van der Waals surface area contributed by atoms with Crippen LogP contribution >= 0.6 is 0 Å². The maximum atomic E-state index is 12.9. The molecule has 0 bridgehead atoms. The molecule has 5 heteroatoms. The molecule has 0 saturated carbocycles. The van der Waals surface area contributed by atoms with E-state index in [1.54, 1.807) is 0 Å². The van der Waals surface area contributed by atoms with Crippen molar-refractivity contribution >= 4 is 11.6 Å². The van der Waals surface area contributed by atoms with Crippen LogP contribution in [0.15, 0.2) is 18.2 Å². The summed E-state index contributed by atoms with van der Waals surface area (Å²) in [4.78, 5) is 10.9. The van der Waals surface area contributed by atoms with Crippen molar-refractivity contribution in [2.45, 2.75) is 0 Å². The minimum absolute atomic E-state index is 0.0832. The first-order valence-corrected chi connectivity index (χ1v) is 4.01. The van der Waals surface area contributed by atoms with E-state index in [0.717, 1.165) is 0 Å². The third kappa shape index (κ3) is 2.43. The van der Waals surface area contributed by atoms with E-state index in [0.29, 0.717) is 5.69 Å². The van der Waals surface area contributed by atoms with Gasteiger partial charge in [-0.3, -0.25) is 4.79 Å². The maximum Gasteiger partial charge on any atom is 0.238 e. The summed E-state index contributed by atoms with van der Waals surface area (Å²) in [5, 5.41) is 2.48. The molecule has 0 aliphatic heterocycles. The van der Waals surface area contributed by atoms with Gasteiger partial charge in [0.2, 0.25) is 5.91 Å². The lowest BCUT2D eigenvalue weighted by molar-refractivity contribution is -0.114. The summed E-state index contributed by atoms with van der Waals surface area (Å²) in [5.41, 5.74) is 5.56. The number of benzene rings is 1. The summed E-state index contributed by atoms with van der Waals surface area (Å²) in [7, 11) is 1.35. The lowest BCUT2D eigenvalue weighted by atomic mass is 10.3. The number of carbonyl (C=O) groups is 1. The van der Waals surface area contributed by atoms with Crippen molar-refractivity contribution in [1.29, 1.82) is 0 Å². The van der Waals surface area contributed by atoms with Gasteiger partial charge in [-0.1, -0.05) is 0 Å². The molecule has 4 nitrogen and oxygen atoms in total. The molecule has 0 radical (unpaired) electrons. The number of anilines is 1. The van der Waals surface area contributed by atoms with Gasteiger partial charge in [0, 0.05) is 11.8 Å². The summed E-state index contributed by atoms with van der Waals surface area (Å²) >= 11 is 0. The van der Waals surface area contributed by atoms with Crippen molar-refractivity contribution < 1.29 is 13.9 Å². The summed E-state index contributed by atoms with van der Waals surface area (Å²) in [6, 6.07) is 4.04. The molecular formula is C9H11FN2O2. The Kier molecular flexibility index (Phi) is 3.41. The summed E-state index contributed by atoms with van der Waals surface area (Å²) in [6.45, 7) is -0.111. The van der Waals surface area contributed by atoms with Gasteiger partial charge >= 0.3 is 0 Å². The van der Waals surface area contributed by atoms with Gasteiger partial charge < -0.3 is 15.8 Å². The van der Waals surface area contributed by atoms with E-state index >= 15 is 0 Å². The molecule has 1 amide bonds. The lowest BCUT2D eigenvalue weighted by Gasteiger charge is -2.06. The minimum Gasteiger partial charge on any atom is -0.494 e. The zero-order chi connectivity index (χ0) is 10.6. The molecule has 0 saturated heterocycles. The number of nitrogens with two attached hydrogens (primary N) is 1. The highest BCUT2D eigenvalue weighted by Gasteiger charge is 2.04. The van der Waals surface area contributed by atoms with E-state index in [-0.39, 0.29) is 18.2 Å². The Morgan fingerprint density at radius 2 is 2.36 bits per heavy atom. The van der Waals surface area contributed by atoms with Crippen LogP contribution < -0.4 is 15.8 Å². The highest BCUT2D eigenvalue weighted by Crippen LogP contribution is 2.21. The number of methoxy groups -OCH3 is 1. The predicted octanol–water partition coefficient (Wildman–Crippen LogP) is 0.731. The first-order chi connectivity index (χ1) is 6.67. The van der Waals surface area contributed by atoms with Gasteiger partial charge in [0.1, 0.15) is 0 Å². The van der Waals surface area contributed by atoms with Crippen molar-refractivity contribution in [3.8, 4) is 5.75 Å². The Bertz CT molecular complexity index is 342. The fourth-order valence-electron chi connectivity index (χ4n) is 0.950. The van der Waals surface area contributed by atoms with Crippen molar-refractivity contribution in [3.05, 3.63) is 24.0 Å². The average molecular weight is 198 g/mol. The number of amides is 1. The van der Waals surface area contributed by atoms with Crippen molar-refractivity contribution in [3.63, 3.8) is 0 Å². The third-order valence-corrected chi connectivity index (χ3v) is 1.62. The normalized spacial score (nSPS) is 9.64. The van der Waals surface area contributed by atoms with Crippen LogP contribution in [0.3, 0.4) is 0 Å². The van der Waals surface area contributed by atoms with Crippen LogP contribution in [0.5, 0.6) is 5.75 Å². The number of hydrogen-bond donors (Lipinski definition) is 2. The highest BCUT2D eigenvalue weighted by molar-refractivity contribution is 5.92. The standard InChI is InChI=1S/C9H11FN2O2/c1-14-8-4-6(2-3-7(8)10)12-9(13)5-11/h2-4H,5,11H2,1H3,(H,12,13). The molecule has 0 aromatic heterocycles. The molecule has 14 heavy (non-hydrogen) atoms. The number of hydrogen-bond acceptors (Lipinski definition) is 3. The fourth-order valence-corrected chi connectivity index (χ4v) is 0.950. The van der Waals surface area contributed by atoms with Crippen LogP contribution in [-0.2, 0) is 4.79 Å². The van der Waals surface area contributed by atoms with Crippen molar-refractivity contribution in [2.24, 2.45) is 5.73 Å². The number of rotatable bonds is 3. The van der Waals surface area contributed by atoms with Gasteiger partial charge in [0.05, 0.1) is 13.7 Å². The highest BCUT2D eigenvalue weighted by atomic mass is 19.1. The number of carbonyl (C=O) groups excluding carboxylic acids is 1. The molecule has 0 fully saturated rings. The Hall–Kier alpha value is -1.62. The fraction of sp³-hybridized carbons (Fsp3) is 0.222. The molecular weight excluding hydrogens is 187 g/mol. The van der Waals surface area contributed by atoms with E-state index in [1.165, 1.54) is 25.3 Å². The number of nitrogens with one attached hydrogen (secondary N) is 1. The number of ether oxygens (including phenoxy) is 1. The Morgan fingerprint density at radius 1 is 1.64 bits per heavy atom. The Labute approximate surface area is 80.9 Å². The molecule has 0 aliphatic carbocycles. The van der Waals surface area contributed by atoms with E-state index in [1.807, 2.05) is 0 Å². The minimum atomic E-state index is -0.474. The molecule has 0 aliphatic rings. The van der Waals surface area contributed by atoms with Crippen molar-refractivity contribution in [1.82, 2.24) is 0 Å². The second-order valence-electron chi connectivity index (χ2n) is 2.60. The molecule has 1 rings (SSSR count). The van der Waals surface area contributed by atoms with E-state index in [9.17, 15) is 9.18 Å². The first-order valence-electron chi connectivity index (χ1n) is 4.01. The summed E-state index contributed by atoms with van der Waals surface area (Å²) in [5.74, 6) is -0.725. The molecule has 1 aromatic rings. The smallest absolute Gasteiger partial charge is 0.238 e. The van der Waals surface area contributed by atoms with Gasteiger partial charge in [-0.25, -0.2) is 4.39 Å². The van der Waals surface area contributed by atoms with Gasteiger partial charge in [0.25, 0.3) is 0 Å². The average Bonchev–Trinajstić information content (AvgIpc) is 2.20. The molecule has 0 spiro atoms. The number of halogens is 1. The van der Waals surface area contributed by atoms with Gasteiger partial charge in [0.15, 0.2) is 11.6 Å². The summed E-state index contributed by atoms with van der Waals surface area (Å²) in [6.07, 6.45) is 0. The summed E-state index contributed by atoms with van der Waals surface area (Å²) < 4.78 is 17.7. The predicted molar refractivity (Wildman–Crippen MR) is 50.6 cm³/mol. The lowest BCUT2D eigenvalue weighted by Crippen LogP contribution is -2.21. The monoisotopic (exact) mass is 198 g/mol. The molecule has 76 valence electrons. The molecule has 0 heterocycles. The van der Waals surface area contributed by atoms with E-state index in [2.05, 4.69) is 5.32 Å². The SMILES string of the molecule is COc1cc(NC(=O)CN)ccc1F. The zero-order valence-corrected chi connectivity index (χ0v) is 7.71. The second-order valence-corrected chi connectivity index (χ2v) is 2.60. The van der Waals surface area contributed by atoms with Crippen LogP contribution in [0.1, 0.15) is 0 Å². The van der Waals surface area contributed by atoms with Crippen LogP contribution in [0.4, 0.5) is 10.1 Å². The topological polar surface area (TPSA) is 64.3 Å². The maximum absolute atomic E-state index is 12.9. The zero-order valence-electron chi connectivity index (χ0n) is 7.71. The molecule has 0 unspecified atom stereocenters. The molecule has 0 atom stereocenters. The van der Waals surface area contributed by atoms with Gasteiger partial charge in [-0.05, 0) is 12.1 Å². The van der Waals surface area contributed by atoms with Crippen LogP contribution in [0.2, 0.25) is 0 Å². The third-order valence-electron chi connectivity index (χ3n) is 1.62. The van der Waals surface area contributed by atoms with E-state index < -0.39 is 5.82 Å². The van der Waals surface area contributed by atoms with E-state index in [4.69, 9.17) is 10.5 Å². The first kappa shape index (κ1) is 10.5.